The first kappa shape index (κ1) is 13.3. The lowest BCUT2D eigenvalue weighted by atomic mass is 10.3. The van der Waals surface area contributed by atoms with Crippen LogP contribution in [0.4, 0.5) is 14.5 Å². The van der Waals surface area contributed by atoms with Gasteiger partial charge in [0.2, 0.25) is 0 Å². The maximum atomic E-state index is 13.5. The molecule has 18 heavy (non-hydrogen) atoms. The van der Waals surface area contributed by atoms with Crippen molar-refractivity contribution in [1.82, 2.24) is 0 Å². The number of nitrogens with two attached hydrogens (primary N) is 1. The summed E-state index contributed by atoms with van der Waals surface area (Å²) in [6, 6.07) is 6.76. The molecule has 94 valence electrons. The highest BCUT2D eigenvalue weighted by Gasteiger charge is 2.11. The molecule has 0 heterocycles. The van der Waals surface area contributed by atoms with E-state index in [1.165, 1.54) is 18.2 Å². The van der Waals surface area contributed by atoms with Crippen LogP contribution >= 0.6 is 31.9 Å². The van der Waals surface area contributed by atoms with E-state index in [9.17, 15) is 8.78 Å². The van der Waals surface area contributed by atoms with Crippen molar-refractivity contribution in [2.75, 3.05) is 5.73 Å². The summed E-state index contributed by atoms with van der Waals surface area (Å²) in [5.41, 5.74) is 5.88. The third kappa shape index (κ3) is 2.81. The lowest BCUT2D eigenvalue weighted by molar-refractivity contribution is 0.440. The molecule has 0 bridgehead atoms. The molecule has 0 aliphatic carbocycles. The van der Waals surface area contributed by atoms with Gasteiger partial charge in [0.05, 0.1) is 10.2 Å². The van der Waals surface area contributed by atoms with Crippen LogP contribution in [0.2, 0.25) is 0 Å². The van der Waals surface area contributed by atoms with Gasteiger partial charge in [0, 0.05) is 10.5 Å². The molecular formula is C12H7Br2F2NO. The standard InChI is InChI=1S/C12H7Br2F2NO/c13-6-1-2-11(9(16)3-6)18-12-5-8(15)7(14)4-10(12)17/h1-5H,17H2. The van der Waals surface area contributed by atoms with Gasteiger partial charge in [0.1, 0.15) is 5.82 Å². The molecule has 0 aromatic heterocycles. The average molecular weight is 379 g/mol. The highest BCUT2D eigenvalue weighted by molar-refractivity contribution is 9.10. The number of hydrogen-bond donors (Lipinski definition) is 1. The molecule has 2 aromatic carbocycles. The quantitative estimate of drug-likeness (QED) is 0.757. The molecule has 0 fully saturated rings. The summed E-state index contributed by atoms with van der Waals surface area (Å²) < 4.78 is 33.0. The van der Waals surface area contributed by atoms with E-state index in [2.05, 4.69) is 31.9 Å². The first-order valence-corrected chi connectivity index (χ1v) is 6.43. The van der Waals surface area contributed by atoms with Crippen LogP contribution in [0.25, 0.3) is 0 Å². The van der Waals surface area contributed by atoms with Gasteiger partial charge in [-0.1, -0.05) is 15.9 Å². The minimum atomic E-state index is -0.563. The SMILES string of the molecule is Nc1cc(Br)c(F)cc1Oc1ccc(Br)cc1F. The summed E-state index contributed by atoms with van der Waals surface area (Å²) >= 11 is 6.13. The van der Waals surface area contributed by atoms with E-state index in [4.69, 9.17) is 10.5 Å². The fourth-order valence-electron chi connectivity index (χ4n) is 1.31. The van der Waals surface area contributed by atoms with E-state index >= 15 is 0 Å². The Morgan fingerprint density at radius 1 is 0.944 bits per heavy atom. The van der Waals surface area contributed by atoms with Crippen molar-refractivity contribution in [2.45, 2.75) is 0 Å². The maximum Gasteiger partial charge on any atom is 0.166 e. The van der Waals surface area contributed by atoms with Gasteiger partial charge >= 0.3 is 0 Å². The van der Waals surface area contributed by atoms with Crippen molar-refractivity contribution in [3.8, 4) is 11.5 Å². The number of benzene rings is 2. The van der Waals surface area contributed by atoms with Gasteiger partial charge in [-0.3, -0.25) is 0 Å². The van der Waals surface area contributed by atoms with Gasteiger partial charge in [0.15, 0.2) is 17.3 Å². The van der Waals surface area contributed by atoms with E-state index in [-0.39, 0.29) is 21.7 Å². The molecular weight excluding hydrogens is 372 g/mol. The molecule has 0 amide bonds. The molecule has 2 N–H and O–H groups in total. The summed E-state index contributed by atoms with van der Waals surface area (Å²) in [4.78, 5) is 0. The number of anilines is 1. The Morgan fingerprint density at radius 3 is 2.33 bits per heavy atom. The molecule has 0 saturated carbocycles. The Hall–Kier alpha value is -1.14. The fraction of sp³-hybridized carbons (Fsp3) is 0. The Morgan fingerprint density at radius 2 is 1.67 bits per heavy atom. The zero-order valence-corrected chi connectivity index (χ0v) is 12.1. The first-order valence-electron chi connectivity index (χ1n) is 4.85. The summed E-state index contributed by atoms with van der Waals surface area (Å²) in [6.07, 6.45) is 0. The third-order valence-corrected chi connectivity index (χ3v) is 3.27. The van der Waals surface area contributed by atoms with E-state index in [1.54, 1.807) is 6.07 Å². The first-order chi connectivity index (χ1) is 8.47. The molecule has 2 nitrogen and oxygen atoms in total. The minimum Gasteiger partial charge on any atom is -0.452 e. The number of hydrogen-bond acceptors (Lipinski definition) is 2. The molecule has 0 unspecified atom stereocenters. The van der Waals surface area contributed by atoms with Gasteiger partial charge in [-0.05, 0) is 40.2 Å². The molecule has 2 rings (SSSR count). The van der Waals surface area contributed by atoms with E-state index in [0.29, 0.717) is 4.47 Å². The smallest absolute Gasteiger partial charge is 0.166 e. The molecule has 2 aromatic rings. The molecule has 0 radical (unpaired) electrons. The normalized spacial score (nSPS) is 10.4. The number of nitrogen functional groups attached to an aromatic ring is 1. The second kappa shape index (κ2) is 5.24. The average Bonchev–Trinajstić information content (AvgIpc) is 2.29. The van der Waals surface area contributed by atoms with Crippen molar-refractivity contribution in [3.63, 3.8) is 0 Å². The van der Waals surface area contributed by atoms with Crippen LogP contribution < -0.4 is 10.5 Å². The summed E-state index contributed by atoms with van der Waals surface area (Å²) in [5, 5.41) is 0. The zero-order valence-electron chi connectivity index (χ0n) is 8.88. The van der Waals surface area contributed by atoms with Crippen LogP contribution in [0.5, 0.6) is 11.5 Å². The van der Waals surface area contributed by atoms with Crippen molar-refractivity contribution < 1.29 is 13.5 Å². The van der Waals surface area contributed by atoms with Crippen LogP contribution in [0.3, 0.4) is 0 Å². The fourth-order valence-corrected chi connectivity index (χ4v) is 2.00. The summed E-state index contributed by atoms with van der Waals surface area (Å²) in [6.45, 7) is 0. The molecule has 0 atom stereocenters. The van der Waals surface area contributed by atoms with Crippen molar-refractivity contribution in [2.24, 2.45) is 0 Å². The van der Waals surface area contributed by atoms with Gasteiger partial charge in [-0.2, -0.15) is 0 Å². The zero-order chi connectivity index (χ0) is 13.3. The van der Waals surface area contributed by atoms with E-state index in [1.807, 2.05) is 0 Å². The van der Waals surface area contributed by atoms with Gasteiger partial charge in [-0.15, -0.1) is 0 Å². The predicted octanol–water partition coefficient (Wildman–Crippen LogP) is 4.86. The van der Waals surface area contributed by atoms with Crippen LogP contribution in [0.15, 0.2) is 39.3 Å². The second-order valence-corrected chi connectivity index (χ2v) is 5.25. The largest absolute Gasteiger partial charge is 0.452 e. The van der Waals surface area contributed by atoms with E-state index < -0.39 is 11.6 Å². The van der Waals surface area contributed by atoms with Gasteiger partial charge < -0.3 is 10.5 Å². The molecule has 0 aliphatic rings. The van der Waals surface area contributed by atoms with Crippen molar-refractivity contribution in [1.29, 1.82) is 0 Å². The van der Waals surface area contributed by atoms with Crippen LogP contribution in [0, 0.1) is 11.6 Å². The van der Waals surface area contributed by atoms with Crippen LogP contribution in [0.1, 0.15) is 0 Å². The van der Waals surface area contributed by atoms with Crippen molar-refractivity contribution in [3.05, 3.63) is 50.9 Å². The van der Waals surface area contributed by atoms with Crippen LogP contribution in [-0.2, 0) is 0 Å². The Kier molecular flexibility index (Phi) is 3.87. The number of rotatable bonds is 2. The monoisotopic (exact) mass is 377 g/mol. The summed E-state index contributed by atoms with van der Waals surface area (Å²) in [7, 11) is 0. The number of halogens is 4. The molecule has 6 heteroatoms. The topological polar surface area (TPSA) is 35.2 Å². The number of ether oxygens (including phenoxy) is 1. The lowest BCUT2D eigenvalue weighted by Crippen LogP contribution is -1.95. The van der Waals surface area contributed by atoms with Gasteiger partial charge in [-0.25, -0.2) is 8.78 Å². The Bertz CT molecular complexity index is 605. The Labute approximate surface area is 119 Å². The van der Waals surface area contributed by atoms with Gasteiger partial charge in [0.25, 0.3) is 0 Å². The van der Waals surface area contributed by atoms with Crippen LogP contribution in [-0.4, -0.2) is 0 Å². The molecule has 0 saturated heterocycles. The van der Waals surface area contributed by atoms with E-state index in [0.717, 1.165) is 6.07 Å². The molecule has 0 spiro atoms. The van der Waals surface area contributed by atoms with Crippen molar-refractivity contribution >= 4 is 37.5 Å². The summed E-state index contributed by atoms with van der Waals surface area (Å²) in [5.74, 6) is -1.05. The predicted molar refractivity (Wildman–Crippen MR) is 72.7 cm³/mol. The third-order valence-electron chi connectivity index (χ3n) is 2.17. The maximum absolute atomic E-state index is 13.5. The molecule has 0 aliphatic heterocycles. The second-order valence-electron chi connectivity index (χ2n) is 3.48. The minimum absolute atomic E-state index is 0.0216. The lowest BCUT2D eigenvalue weighted by Gasteiger charge is -2.10. The highest BCUT2D eigenvalue weighted by atomic mass is 79.9. The Balaban J connectivity index is 2.37. The highest BCUT2D eigenvalue weighted by Crippen LogP contribution is 2.33.